The molecule has 0 aromatic heterocycles. The lowest BCUT2D eigenvalue weighted by molar-refractivity contribution is 0.0461. The zero-order valence-electron chi connectivity index (χ0n) is 11.6. The molecule has 4 nitrogen and oxygen atoms in total. The van der Waals surface area contributed by atoms with Crippen LogP contribution in [-0.2, 0) is 9.47 Å². The Hall–Kier alpha value is -0.910. The molecule has 0 saturated carbocycles. The highest BCUT2D eigenvalue weighted by molar-refractivity contribution is 9.10. The van der Waals surface area contributed by atoms with E-state index in [1.807, 2.05) is 18.2 Å². The number of halogens is 1. The topological polar surface area (TPSA) is 44.8 Å². The molecule has 0 aliphatic carbocycles. The number of hydrogen-bond donors (Lipinski definition) is 0. The van der Waals surface area contributed by atoms with Gasteiger partial charge in [0.15, 0.2) is 5.78 Å². The Morgan fingerprint density at radius 3 is 2.95 bits per heavy atom. The number of ketones is 1. The second-order valence-corrected chi connectivity index (χ2v) is 5.62. The molecular formula is C15H19BrO4. The third-order valence-corrected chi connectivity index (χ3v) is 3.91. The first-order valence-electron chi connectivity index (χ1n) is 6.75. The van der Waals surface area contributed by atoms with Crippen LogP contribution in [0.3, 0.4) is 0 Å². The minimum absolute atomic E-state index is 0.0177. The van der Waals surface area contributed by atoms with Gasteiger partial charge < -0.3 is 14.2 Å². The second-order valence-electron chi connectivity index (χ2n) is 4.76. The van der Waals surface area contributed by atoms with E-state index in [1.54, 1.807) is 7.11 Å². The van der Waals surface area contributed by atoms with Crippen LogP contribution >= 0.6 is 15.9 Å². The molecule has 1 atom stereocenters. The lowest BCUT2D eigenvalue weighted by Gasteiger charge is -2.21. The van der Waals surface area contributed by atoms with Gasteiger partial charge in [0.1, 0.15) is 12.4 Å². The zero-order chi connectivity index (χ0) is 14.4. The van der Waals surface area contributed by atoms with E-state index in [0.717, 1.165) is 29.7 Å². The molecule has 5 heteroatoms. The van der Waals surface area contributed by atoms with Gasteiger partial charge in [0.05, 0.1) is 17.7 Å². The molecule has 0 bridgehead atoms. The Bertz CT molecular complexity index is 455. The SMILES string of the molecule is COCCOc1ccc(C(=O)C2CCCOC2)cc1Br. The van der Waals surface area contributed by atoms with Crippen molar-refractivity contribution in [2.75, 3.05) is 33.5 Å². The van der Waals surface area contributed by atoms with Crippen LogP contribution < -0.4 is 4.74 Å². The Balaban J connectivity index is 2.02. The highest BCUT2D eigenvalue weighted by Gasteiger charge is 2.23. The van der Waals surface area contributed by atoms with Gasteiger partial charge in [-0.15, -0.1) is 0 Å². The predicted molar refractivity (Wildman–Crippen MR) is 79.4 cm³/mol. The molecular weight excluding hydrogens is 324 g/mol. The summed E-state index contributed by atoms with van der Waals surface area (Å²) in [6.07, 6.45) is 1.86. The number of hydrogen-bond acceptors (Lipinski definition) is 4. The van der Waals surface area contributed by atoms with E-state index in [2.05, 4.69) is 15.9 Å². The molecule has 0 amide bonds. The van der Waals surface area contributed by atoms with E-state index in [9.17, 15) is 4.79 Å². The number of rotatable bonds is 6. The highest BCUT2D eigenvalue weighted by atomic mass is 79.9. The predicted octanol–water partition coefficient (Wildman–Crippen LogP) is 3.08. The maximum absolute atomic E-state index is 12.4. The van der Waals surface area contributed by atoms with Gasteiger partial charge in [-0.25, -0.2) is 0 Å². The molecule has 1 aliphatic rings. The number of carbonyl (C=O) groups is 1. The van der Waals surface area contributed by atoms with E-state index < -0.39 is 0 Å². The molecule has 1 saturated heterocycles. The fraction of sp³-hybridized carbons (Fsp3) is 0.533. The van der Waals surface area contributed by atoms with Crippen LogP contribution in [-0.4, -0.2) is 39.3 Å². The largest absolute Gasteiger partial charge is 0.490 e. The summed E-state index contributed by atoms with van der Waals surface area (Å²) in [5.74, 6) is 0.850. The summed E-state index contributed by atoms with van der Waals surface area (Å²) >= 11 is 3.44. The standard InChI is InChI=1S/C15H19BrO4/c1-18-7-8-20-14-5-4-11(9-13(14)16)15(17)12-3-2-6-19-10-12/h4-5,9,12H,2-3,6-8,10H2,1H3. The summed E-state index contributed by atoms with van der Waals surface area (Å²) in [4.78, 5) is 12.4. The quantitative estimate of drug-likeness (QED) is 0.588. The van der Waals surface area contributed by atoms with E-state index in [-0.39, 0.29) is 11.7 Å². The second kappa shape index (κ2) is 7.76. The lowest BCUT2D eigenvalue weighted by atomic mass is 9.93. The first-order valence-corrected chi connectivity index (χ1v) is 7.55. The van der Waals surface area contributed by atoms with Crippen LogP contribution in [0, 0.1) is 5.92 Å². The van der Waals surface area contributed by atoms with E-state index in [4.69, 9.17) is 14.2 Å². The van der Waals surface area contributed by atoms with Gasteiger partial charge >= 0.3 is 0 Å². The van der Waals surface area contributed by atoms with Crippen molar-refractivity contribution in [1.29, 1.82) is 0 Å². The maximum Gasteiger partial charge on any atom is 0.168 e. The van der Waals surface area contributed by atoms with Gasteiger partial charge in [0.25, 0.3) is 0 Å². The Morgan fingerprint density at radius 1 is 1.45 bits per heavy atom. The van der Waals surface area contributed by atoms with E-state index in [1.165, 1.54) is 0 Å². The fourth-order valence-electron chi connectivity index (χ4n) is 2.19. The minimum Gasteiger partial charge on any atom is -0.490 e. The molecule has 0 radical (unpaired) electrons. The van der Waals surface area contributed by atoms with Crippen molar-refractivity contribution in [3.05, 3.63) is 28.2 Å². The Morgan fingerprint density at radius 2 is 2.30 bits per heavy atom. The molecule has 2 rings (SSSR count). The molecule has 1 aromatic rings. The van der Waals surface area contributed by atoms with Crippen molar-refractivity contribution in [2.45, 2.75) is 12.8 Å². The van der Waals surface area contributed by atoms with Gasteiger partial charge in [-0.1, -0.05) is 0 Å². The van der Waals surface area contributed by atoms with E-state index >= 15 is 0 Å². The maximum atomic E-state index is 12.4. The van der Waals surface area contributed by atoms with Crippen molar-refractivity contribution >= 4 is 21.7 Å². The fourth-order valence-corrected chi connectivity index (χ4v) is 2.68. The summed E-state index contributed by atoms with van der Waals surface area (Å²) < 4.78 is 16.6. The van der Waals surface area contributed by atoms with Crippen LogP contribution in [0.4, 0.5) is 0 Å². The molecule has 0 spiro atoms. The van der Waals surface area contributed by atoms with Crippen LogP contribution in [0.1, 0.15) is 23.2 Å². The van der Waals surface area contributed by atoms with Crippen LogP contribution in [0.2, 0.25) is 0 Å². The number of benzene rings is 1. The molecule has 1 fully saturated rings. The lowest BCUT2D eigenvalue weighted by Crippen LogP contribution is -2.25. The third kappa shape index (κ3) is 4.04. The normalized spacial score (nSPS) is 18.8. The van der Waals surface area contributed by atoms with E-state index in [0.29, 0.717) is 25.4 Å². The monoisotopic (exact) mass is 342 g/mol. The smallest absolute Gasteiger partial charge is 0.168 e. The molecule has 1 aromatic carbocycles. The Labute approximate surface area is 127 Å². The number of ether oxygens (including phenoxy) is 3. The zero-order valence-corrected chi connectivity index (χ0v) is 13.1. The van der Waals surface area contributed by atoms with Crippen molar-refractivity contribution < 1.29 is 19.0 Å². The van der Waals surface area contributed by atoms with Gasteiger partial charge in [-0.2, -0.15) is 0 Å². The number of methoxy groups -OCH3 is 1. The number of Topliss-reactive ketones (excluding diaryl/α,β-unsaturated/α-hetero) is 1. The van der Waals surface area contributed by atoms with Gasteiger partial charge in [0.2, 0.25) is 0 Å². The summed E-state index contributed by atoms with van der Waals surface area (Å²) in [5.41, 5.74) is 0.700. The minimum atomic E-state index is -0.0177. The molecule has 0 N–H and O–H groups in total. The summed E-state index contributed by atoms with van der Waals surface area (Å²) in [5, 5.41) is 0. The highest BCUT2D eigenvalue weighted by Crippen LogP contribution is 2.28. The van der Waals surface area contributed by atoms with Crippen LogP contribution in [0.5, 0.6) is 5.75 Å². The number of carbonyl (C=O) groups excluding carboxylic acids is 1. The first kappa shape index (κ1) is 15.5. The first-order chi connectivity index (χ1) is 9.72. The van der Waals surface area contributed by atoms with Gasteiger partial charge in [-0.3, -0.25) is 4.79 Å². The molecule has 110 valence electrons. The van der Waals surface area contributed by atoms with Crippen molar-refractivity contribution in [2.24, 2.45) is 5.92 Å². The third-order valence-electron chi connectivity index (χ3n) is 3.29. The average molecular weight is 343 g/mol. The van der Waals surface area contributed by atoms with Crippen LogP contribution in [0.25, 0.3) is 0 Å². The van der Waals surface area contributed by atoms with Crippen molar-refractivity contribution in [3.8, 4) is 5.75 Å². The average Bonchev–Trinajstić information content (AvgIpc) is 2.49. The Kier molecular flexibility index (Phi) is 6.01. The van der Waals surface area contributed by atoms with Crippen LogP contribution in [0.15, 0.2) is 22.7 Å². The van der Waals surface area contributed by atoms with Gasteiger partial charge in [-0.05, 0) is 47.0 Å². The molecule has 1 heterocycles. The summed E-state index contributed by atoms with van der Waals surface area (Å²) in [6.45, 7) is 2.31. The molecule has 1 unspecified atom stereocenters. The van der Waals surface area contributed by atoms with Crippen molar-refractivity contribution in [1.82, 2.24) is 0 Å². The summed E-state index contributed by atoms with van der Waals surface area (Å²) in [6, 6.07) is 5.44. The van der Waals surface area contributed by atoms with Gasteiger partial charge in [0, 0.05) is 25.2 Å². The summed E-state index contributed by atoms with van der Waals surface area (Å²) in [7, 11) is 1.63. The molecule has 1 aliphatic heterocycles. The van der Waals surface area contributed by atoms with Crippen molar-refractivity contribution in [3.63, 3.8) is 0 Å². The molecule has 20 heavy (non-hydrogen) atoms.